The molecule has 2 aromatic rings. The van der Waals surface area contributed by atoms with Gasteiger partial charge >= 0.3 is 6.18 Å². The van der Waals surface area contributed by atoms with Crippen LogP contribution < -0.4 is 4.90 Å². The van der Waals surface area contributed by atoms with Gasteiger partial charge in [-0.15, -0.1) is 0 Å². The SMILES string of the molecule is CN(C(=O)Cc1cccc(C(F)(F)F)c1)C1CCCN(c2ccccc2)C1. The summed E-state index contributed by atoms with van der Waals surface area (Å²) < 4.78 is 38.6. The van der Waals surface area contributed by atoms with Crippen LogP contribution in [0, 0.1) is 0 Å². The Morgan fingerprint density at radius 3 is 2.59 bits per heavy atom. The summed E-state index contributed by atoms with van der Waals surface area (Å²) in [4.78, 5) is 16.6. The average molecular weight is 376 g/mol. The van der Waals surface area contributed by atoms with Crippen LogP contribution in [0.2, 0.25) is 0 Å². The number of rotatable bonds is 4. The number of halogens is 3. The fourth-order valence-corrected chi connectivity index (χ4v) is 3.50. The Morgan fingerprint density at radius 2 is 1.89 bits per heavy atom. The lowest BCUT2D eigenvalue weighted by Crippen LogP contribution is -2.49. The Balaban J connectivity index is 1.65. The summed E-state index contributed by atoms with van der Waals surface area (Å²) in [7, 11) is 1.75. The fourth-order valence-electron chi connectivity index (χ4n) is 3.50. The molecule has 2 aromatic carbocycles. The van der Waals surface area contributed by atoms with E-state index < -0.39 is 11.7 Å². The van der Waals surface area contributed by atoms with E-state index in [1.54, 1.807) is 18.0 Å². The van der Waals surface area contributed by atoms with Gasteiger partial charge in [-0.25, -0.2) is 0 Å². The monoisotopic (exact) mass is 376 g/mol. The van der Waals surface area contributed by atoms with Gasteiger partial charge in [0, 0.05) is 31.9 Å². The third-order valence-corrected chi connectivity index (χ3v) is 5.07. The van der Waals surface area contributed by atoms with Crippen LogP contribution in [-0.2, 0) is 17.4 Å². The van der Waals surface area contributed by atoms with Crippen LogP contribution in [0.4, 0.5) is 18.9 Å². The van der Waals surface area contributed by atoms with Crippen LogP contribution in [0.1, 0.15) is 24.0 Å². The normalized spacial score (nSPS) is 17.6. The summed E-state index contributed by atoms with van der Waals surface area (Å²) in [5.41, 5.74) is 0.793. The van der Waals surface area contributed by atoms with Gasteiger partial charge in [-0.3, -0.25) is 4.79 Å². The Bertz CT molecular complexity index is 776. The number of nitrogens with zero attached hydrogens (tertiary/aromatic N) is 2. The molecule has 3 nitrogen and oxygen atoms in total. The van der Waals surface area contributed by atoms with Crippen molar-refractivity contribution in [3.8, 4) is 0 Å². The van der Waals surface area contributed by atoms with Crippen molar-refractivity contribution in [2.45, 2.75) is 31.5 Å². The van der Waals surface area contributed by atoms with E-state index >= 15 is 0 Å². The van der Waals surface area contributed by atoms with Crippen molar-refractivity contribution in [1.29, 1.82) is 0 Å². The largest absolute Gasteiger partial charge is 0.416 e. The van der Waals surface area contributed by atoms with E-state index in [1.807, 2.05) is 30.3 Å². The van der Waals surface area contributed by atoms with Gasteiger partial charge in [0.25, 0.3) is 0 Å². The second-order valence-corrected chi connectivity index (χ2v) is 6.96. The topological polar surface area (TPSA) is 23.6 Å². The minimum atomic E-state index is -4.40. The maximum Gasteiger partial charge on any atom is 0.416 e. The molecule has 144 valence electrons. The van der Waals surface area contributed by atoms with E-state index in [0.717, 1.165) is 43.8 Å². The molecule has 1 aliphatic heterocycles. The number of para-hydroxylation sites is 1. The molecule has 1 aliphatic rings. The fraction of sp³-hybridized carbons (Fsp3) is 0.381. The molecule has 0 aromatic heterocycles. The van der Waals surface area contributed by atoms with E-state index in [-0.39, 0.29) is 18.4 Å². The van der Waals surface area contributed by atoms with Crippen molar-refractivity contribution < 1.29 is 18.0 Å². The van der Waals surface area contributed by atoms with Crippen molar-refractivity contribution in [3.63, 3.8) is 0 Å². The number of likely N-dealkylation sites (N-methyl/N-ethyl adjacent to an activating group) is 1. The van der Waals surface area contributed by atoms with E-state index in [4.69, 9.17) is 0 Å². The molecule has 0 aliphatic carbocycles. The minimum absolute atomic E-state index is 0.0255. The van der Waals surface area contributed by atoms with Gasteiger partial charge in [-0.1, -0.05) is 36.4 Å². The molecule has 1 saturated heterocycles. The second kappa shape index (κ2) is 8.03. The van der Waals surface area contributed by atoms with Crippen molar-refractivity contribution in [3.05, 3.63) is 65.7 Å². The maximum absolute atomic E-state index is 12.9. The van der Waals surface area contributed by atoms with E-state index in [9.17, 15) is 18.0 Å². The quantitative estimate of drug-likeness (QED) is 0.791. The summed E-state index contributed by atoms with van der Waals surface area (Å²) in [6.45, 7) is 1.67. The average Bonchev–Trinajstić information content (AvgIpc) is 2.68. The first-order chi connectivity index (χ1) is 12.8. The molecule has 1 heterocycles. The van der Waals surface area contributed by atoms with E-state index in [0.29, 0.717) is 5.56 Å². The number of carbonyl (C=O) groups excluding carboxylic acids is 1. The van der Waals surface area contributed by atoms with Gasteiger partial charge in [-0.2, -0.15) is 13.2 Å². The first kappa shape index (κ1) is 19.3. The van der Waals surface area contributed by atoms with Crippen LogP contribution in [0.15, 0.2) is 54.6 Å². The van der Waals surface area contributed by atoms with Gasteiger partial charge in [0.05, 0.1) is 12.0 Å². The highest BCUT2D eigenvalue weighted by molar-refractivity contribution is 5.79. The van der Waals surface area contributed by atoms with Gasteiger partial charge in [-0.05, 0) is 36.6 Å². The summed E-state index contributed by atoms with van der Waals surface area (Å²) in [6, 6.07) is 15.1. The zero-order valence-electron chi connectivity index (χ0n) is 15.2. The molecule has 0 N–H and O–H groups in total. The van der Waals surface area contributed by atoms with Gasteiger partial charge in [0.2, 0.25) is 5.91 Å². The number of hydrogen-bond acceptors (Lipinski definition) is 2. The Morgan fingerprint density at radius 1 is 1.15 bits per heavy atom. The minimum Gasteiger partial charge on any atom is -0.369 e. The number of hydrogen-bond donors (Lipinski definition) is 0. The molecule has 1 fully saturated rings. The molecule has 0 saturated carbocycles. The Labute approximate surface area is 157 Å². The molecule has 27 heavy (non-hydrogen) atoms. The third-order valence-electron chi connectivity index (χ3n) is 5.07. The van der Waals surface area contributed by atoms with Crippen LogP contribution in [0.5, 0.6) is 0 Å². The van der Waals surface area contributed by atoms with E-state index in [1.165, 1.54) is 6.07 Å². The highest BCUT2D eigenvalue weighted by atomic mass is 19.4. The number of anilines is 1. The third kappa shape index (κ3) is 4.81. The number of alkyl halides is 3. The molecular weight excluding hydrogens is 353 g/mol. The first-order valence-electron chi connectivity index (χ1n) is 9.06. The van der Waals surface area contributed by atoms with Gasteiger partial charge < -0.3 is 9.80 Å². The van der Waals surface area contributed by atoms with Crippen molar-refractivity contribution in [1.82, 2.24) is 4.90 Å². The number of carbonyl (C=O) groups is 1. The van der Waals surface area contributed by atoms with Crippen LogP contribution in [-0.4, -0.2) is 37.0 Å². The zero-order valence-corrected chi connectivity index (χ0v) is 15.2. The van der Waals surface area contributed by atoms with Crippen molar-refractivity contribution >= 4 is 11.6 Å². The van der Waals surface area contributed by atoms with Crippen LogP contribution in [0.3, 0.4) is 0 Å². The van der Waals surface area contributed by atoms with Crippen LogP contribution in [0.25, 0.3) is 0 Å². The second-order valence-electron chi connectivity index (χ2n) is 6.96. The molecule has 6 heteroatoms. The van der Waals surface area contributed by atoms with Crippen LogP contribution >= 0.6 is 0 Å². The van der Waals surface area contributed by atoms with Gasteiger partial charge in [0.15, 0.2) is 0 Å². The predicted molar refractivity (Wildman–Crippen MR) is 99.6 cm³/mol. The summed E-state index contributed by atoms with van der Waals surface area (Å²) in [5.74, 6) is -0.158. The summed E-state index contributed by atoms with van der Waals surface area (Å²) >= 11 is 0. The Hall–Kier alpha value is -2.50. The number of benzene rings is 2. The predicted octanol–water partition coefficient (Wildman–Crippen LogP) is 4.38. The lowest BCUT2D eigenvalue weighted by Gasteiger charge is -2.39. The highest BCUT2D eigenvalue weighted by Crippen LogP contribution is 2.30. The number of piperidine rings is 1. The molecule has 1 unspecified atom stereocenters. The van der Waals surface area contributed by atoms with Gasteiger partial charge in [0.1, 0.15) is 0 Å². The summed E-state index contributed by atoms with van der Waals surface area (Å²) in [6.07, 6.45) is -2.55. The summed E-state index contributed by atoms with van der Waals surface area (Å²) in [5, 5.41) is 0. The lowest BCUT2D eigenvalue weighted by atomic mass is 10.0. The molecule has 0 radical (unpaired) electrons. The molecule has 3 rings (SSSR count). The van der Waals surface area contributed by atoms with Crippen molar-refractivity contribution in [2.75, 3.05) is 25.0 Å². The Kier molecular flexibility index (Phi) is 5.73. The standard InChI is InChI=1S/C21H23F3N2O/c1-25(19-11-6-12-26(15-19)18-9-3-2-4-10-18)20(27)14-16-7-5-8-17(13-16)21(22,23)24/h2-5,7-10,13,19H,6,11-12,14-15H2,1H3. The number of amides is 1. The smallest absolute Gasteiger partial charge is 0.369 e. The molecule has 0 spiro atoms. The highest BCUT2D eigenvalue weighted by Gasteiger charge is 2.31. The lowest BCUT2D eigenvalue weighted by molar-refractivity contribution is -0.138. The molecular formula is C21H23F3N2O. The zero-order chi connectivity index (χ0) is 19.4. The maximum atomic E-state index is 12.9. The molecule has 1 amide bonds. The molecule has 0 bridgehead atoms. The molecule has 1 atom stereocenters. The first-order valence-corrected chi connectivity index (χ1v) is 9.06. The van der Waals surface area contributed by atoms with E-state index in [2.05, 4.69) is 4.90 Å². The van der Waals surface area contributed by atoms with Crippen molar-refractivity contribution in [2.24, 2.45) is 0 Å².